The molecule has 1 aliphatic heterocycles. The third kappa shape index (κ3) is 5.18. The van der Waals surface area contributed by atoms with Gasteiger partial charge in [-0.05, 0) is 28.5 Å². The Morgan fingerprint density at radius 3 is 2.40 bits per heavy atom. The van der Waals surface area contributed by atoms with Gasteiger partial charge in [-0.1, -0.05) is 13.8 Å². The first kappa shape index (κ1) is 22.7. The summed E-state index contributed by atoms with van der Waals surface area (Å²) in [6.07, 6.45) is 1.28. The minimum atomic E-state index is -3.69. The van der Waals surface area contributed by atoms with Gasteiger partial charge in [0.25, 0.3) is 5.56 Å². The van der Waals surface area contributed by atoms with Crippen LogP contribution in [0.15, 0.2) is 44.8 Å². The molecule has 0 spiro atoms. The van der Waals surface area contributed by atoms with Crippen molar-refractivity contribution < 1.29 is 13.2 Å². The topological polar surface area (TPSA) is 82.9 Å². The summed E-state index contributed by atoms with van der Waals surface area (Å²) in [5.74, 6) is -0.176. The van der Waals surface area contributed by atoms with Crippen molar-refractivity contribution in [1.29, 1.82) is 0 Å². The highest BCUT2D eigenvalue weighted by Crippen LogP contribution is 2.14. The number of piperazine rings is 1. The molecular formula is C20H28N4O4S2. The molecule has 3 rings (SSSR count). The molecule has 3 heterocycles. The van der Waals surface area contributed by atoms with E-state index in [9.17, 15) is 18.0 Å². The van der Waals surface area contributed by atoms with Crippen molar-refractivity contribution in [2.45, 2.75) is 31.8 Å². The second-order valence-corrected chi connectivity index (χ2v) is 9.93. The maximum atomic E-state index is 12.7. The van der Waals surface area contributed by atoms with E-state index in [1.807, 2.05) is 0 Å². The molecule has 0 aliphatic carbocycles. The summed E-state index contributed by atoms with van der Waals surface area (Å²) < 4.78 is 28.0. The second-order valence-electron chi connectivity index (χ2n) is 7.21. The molecule has 0 atom stereocenters. The average Bonchev–Trinajstić information content (AvgIpc) is 3.23. The van der Waals surface area contributed by atoms with Gasteiger partial charge in [-0.3, -0.25) is 14.5 Å². The van der Waals surface area contributed by atoms with Gasteiger partial charge in [0.15, 0.2) is 0 Å². The van der Waals surface area contributed by atoms with Gasteiger partial charge in [0.2, 0.25) is 15.9 Å². The van der Waals surface area contributed by atoms with Crippen LogP contribution < -0.4 is 5.56 Å². The standard InChI is InChI=1S/C20H28N4O4S2/c1-3-24(4-2)30(27,28)18-5-6-19(25)23(14-18)15-20(26)22-10-8-21(9-11-22)13-17-7-12-29-16-17/h5-7,12,14,16H,3-4,8-11,13,15H2,1-2H3. The van der Waals surface area contributed by atoms with E-state index in [0.717, 1.165) is 19.6 Å². The molecule has 30 heavy (non-hydrogen) atoms. The Morgan fingerprint density at radius 2 is 1.80 bits per heavy atom. The lowest BCUT2D eigenvalue weighted by atomic mass is 10.2. The molecule has 1 aliphatic rings. The zero-order valence-corrected chi connectivity index (χ0v) is 19.0. The predicted octanol–water partition coefficient (Wildman–Crippen LogP) is 1.28. The first-order valence-corrected chi connectivity index (χ1v) is 12.4. The summed E-state index contributed by atoms with van der Waals surface area (Å²) in [7, 11) is -3.69. The van der Waals surface area contributed by atoms with E-state index in [1.54, 1.807) is 30.1 Å². The van der Waals surface area contributed by atoms with Gasteiger partial charge in [0.1, 0.15) is 6.54 Å². The summed E-state index contributed by atoms with van der Waals surface area (Å²) >= 11 is 1.67. The predicted molar refractivity (Wildman–Crippen MR) is 117 cm³/mol. The van der Waals surface area contributed by atoms with E-state index < -0.39 is 15.6 Å². The quantitative estimate of drug-likeness (QED) is 0.603. The van der Waals surface area contributed by atoms with Gasteiger partial charge in [0, 0.05) is 58.1 Å². The molecule has 2 aromatic rings. The fourth-order valence-corrected chi connectivity index (χ4v) is 5.68. The van der Waals surface area contributed by atoms with Gasteiger partial charge in [-0.2, -0.15) is 15.6 Å². The van der Waals surface area contributed by atoms with Crippen molar-refractivity contribution >= 4 is 27.3 Å². The summed E-state index contributed by atoms with van der Waals surface area (Å²) in [6.45, 7) is 7.64. The number of pyridine rings is 1. The molecule has 0 aromatic carbocycles. The number of sulfonamides is 1. The molecule has 10 heteroatoms. The van der Waals surface area contributed by atoms with Crippen molar-refractivity contribution in [3.63, 3.8) is 0 Å². The van der Waals surface area contributed by atoms with Crippen LogP contribution in [0, 0.1) is 0 Å². The Labute approximate surface area is 181 Å². The molecule has 8 nitrogen and oxygen atoms in total. The minimum Gasteiger partial charge on any atom is -0.339 e. The third-order valence-corrected chi connectivity index (χ3v) is 8.08. The van der Waals surface area contributed by atoms with Crippen LogP contribution in [0.1, 0.15) is 19.4 Å². The molecule has 2 aromatic heterocycles. The largest absolute Gasteiger partial charge is 0.339 e. The molecule has 164 valence electrons. The zero-order chi connectivity index (χ0) is 21.7. The molecule has 1 saturated heterocycles. The van der Waals surface area contributed by atoms with Crippen molar-refractivity contribution in [3.8, 4) is 0 Å². The lowest BCUT2D eigenvalue weighted by molar-refractivity contribution is -0.133. The monoisotopic (exact) mass is 452 g/mol. The average molecular weight is 453 g/mol. The molecule has 0 saturated carbocycles. The number of hydrogen-bond acceptors (Lipinski definition) is 6. The fraction of sp³-hybridized carbons (Fsp3) is 0.500. The van der Waals surface area contributed by atoms with E-state index in [1.165, 1.54) is 32.8 Å². The number of nitrogens with zero attached hydrogens (tertiary/aromatic N) is 4. The highest BCUT2D eigenvalue weighted by atomic mass is 32.2. The van der Waals surface area contributed by atoms with Crippen molar-refractivity contribution in [3.05, 3.63) is 51.1 Å². The number of hydrogen-bond donors (Lipinski definition) is 0. The van der Waals surface area contributed by atoms with Crippen LogP contribution in [0.4, 0.5) is 0 Å². The Bertz CT molecular complexity index is 1010. The van der Waals surface area contributed by atoms with Crippen LogP contribution in [0.3, 0.4) is 0 Å². The van der Waals surface area contributed by atoms with Gasteiger partial charge >= 0.3 is 0 Å². The molecule has 0 radical (unpaired) electrons. The first-order chi connectivity index (χ1) is 14.3. The molecule has 0 N–H and O–H groups in total. The van der Waals surface area contributed by atoms with E-state index in [2.05, 4.69) is 21.7 Å². The highest BCUT2D eigenvalue weighted by Gasteiger charge is 2.24. The lowest BCUT2D eigenvalue weighted by Gasteiger charge is -2.34. The SMILES string of the molecule is CCN(CC)S(=O)(=O)c1ccc(=O)n(CC(=O)N2CCN(Cc3ccsc3)CC2)c1. The Kier molecular flexibility index (Phi) is 7.45. The van der Waals surface area contributed by atoms with E-state index in [4.69, 9.17) is 0 Å². The first-order valence-electron chi connectivity index (χ1n) is 10.1. The van der Waals surface area contributed by atoms with E-state index in [0.29, 0.717) is 26.2 Å². The number of rotatable bonds is 8. The van der Waals surface area contributed by atoms with Crippen molar-refractivity contribution in [2.24, 2.45) is 0 Å². The minimum absolute atomic E-state index is 0.0270. The van der Waals surface area contributed by atoms with E-state index >= 15 is 0 Å². The number of thiophene rings is 1. The van der Waals surface area contributed by atoms with Gasteiger partial charge in [0.05, 0.1) is 4.90 Å². The summed E-state index contributed by atoms with van der Waals surface area (Å²) in [4.78, 5) is 29.0. The van der Waals surface area contributed by atoms with Gasteiger partial charge in [-0.25, -0.2) is 8.42 Å². The summed E-state index contributed by atoms with van der Waals surface area (Å²) in [5, 5.41) is 4.19. The van der Waals surface area contributed by atoms with Crippen LogP contribution >= 0.6 is 11.3 Å². The second kappa shape index (κ2) is 9.86. The number of amides is 1. The summed E-state index contributed by atoms with van der Waals surface area (Å²) in [5.41, 5.74) is 0.885. The fourth-order valence-electron chi connectivity index (χ4n) is 3.54. The highest BCUT2D eigenvalue weighted by molar-refractivity contribution is 7.89. The maximum Gasteiger partial charge on any atom is 0.251 e. The van der Waals surface area contributed by atoms with Gasteiger partial charge in [-0.15, -0.1) is 0 Å². The van der Waals surface area contributed by atoms with Crippen LogP contribution in [0.25, 0.3) is 0 Å². The zero-order valence-electron chi connectivity index (χ0n) is 17.4. The number of carbonyl (C=O) groups is 1. The number of aromatic nitrogens is 1. The Hall–Kier alpha value is -2.01. The Morgan fingerprint density at radius 1 is 1.10 bits per heavy atom. The molecule has 1 amide bonds. The van der Waals surface area contributed by atoms with Crippen molar-refractivity contribution in [2.75, 3.05) is 39.3 Å². The van der Waals surface area contributed by atoms with Crippen LogP contribution in [0.5, 0.6) is 0 Å². The molecule has 0 unspecified atom stereocenters. The van der Waals surface area contributed by atoms with Crippen LogP contribution in [-0.4, -0.2) is 72.3 Å². The smallest absolute Gasteiger partial charge is 0.251 e. The van der Waals surface area contributed by atoms with Crippen LogP contribution in [-0.2, 0) is 27.9 Å². The maximum absolute atomic E-state index is 12.7. The molecule has 0 bridgehead atoms. The summed E-state index contributed by atoms with van der Waals surface area (Å²) in [6, 6.07) is 4.62. The third-order valence-electron chi connectivity index (χ3n) is 5.32. The molecular weight excluding hydrogens is 424 g/mol. The van der Waals surface area contributed by atoms with Gasteiger partial charge < -0.3 is 9.47 Å². The Balaban J connectivity index is 1.65. The van der Waals surface area contributed by atoms with E-state index in [-0.39, 0.29) is 17.3 Å². The molecule has 1 fully saturated rings. The number of carbonyl (C=O) groups excluding carboxylic acids is 1. The van der Waals surface area contributed by atoms with Crippen molar-refractivity contribution in [1.82, 2.24) is 18.7 Å². The van der Waals surface area contributed by atoms with Crippen LogP contribution in [0.2, 0.25) is 0 Å². The normalized spacial score (nSPS) is 15.6. The lowest BCUT2D eigenvalue weighted by Crippen LogP contribution is -2.49.